The van der Waals surface area contributed by atoms with E-state index < -0.39 is 0 Å². The first-order valence-electron chi connectivity index (χ1n) is 8.42. The van der Waals surface area contributed by atoms with Crippen LogP contribution in [0.15, 0.2) is 65.7 Å². The molecule has 6 heteroatoms. The number of nitrogens with zero attached hydrogens (tertiary/aromatic N) is 3. The highest BCUT2D eigenvalue weighted by molar-refractivity contribution is 5.91. The van der Waals surface area contributed by atoms with Crippen molar-refractivity contribution in [2.45, 2.75) is 19.9 Å². The summed E-state index contributed by atoms with van der Waals surface area (Å²) in [5.41, 5.74) is 3.19. The smallest absolute Gasteiger partial charge is 0.271 e. The summed E-state index contributed by atoms with van der Waals surface area (Å²) >= 11 is 0. The Labute approximate surface area is 151 Å². The number of hydrogen-bond acceptors (Lipinski definition) is 4. The van der Waals surface area contributed by atoms with Crippen molar-refractivity contribution in [2.24, 2.45) is 0 Å². The van der Waals surface area contributed by atoms with E-state index >= 15 is 0 Å². The SMILES string of the molecule is Cc1ccc(Cn2nc(C(=O)NCCc3ccncc3)ccc2=O)cc1. The fourth-order valence-corrected chi connectivity index (χ4v) is 2.51. The summed E-state index contributed by atoms with van der Waals surface area (Å²) in [4.78, 5) is 28.3. The molecule has 2 aromatic heterocycles. The van der Waals surface area contributed by atoms with Gasteiger partial charge in [0.15, 0.2) is 0 Å². The van der Waals surface area contributed by atoms with Crippen molar-refractivity contribution >= 4 is 5.91 Å². The van der Waals surface area contributed by atoms with Crippen LogP contribution >= 0.6 is 0 Å². The van der Waals surface area contributed by atoms with Gasteiger partial charge in [0, 0.05) is 25.0 Å². The third-order valence-electron chi connectivity index (χ3n) is 4.00. The number of aromatic nitrogens is 3. The van der Waals surface area contributed by atoms with Gasteiger partial charge in [0.1, 0.15) is 5.69 Å². The highest BCUT2D eigenvalue weighted by atomic mass is 16.2. The molecule has 0 bridgehead atoms. The fraction of sp³-hybridized carbons (Fsp3) is 0.200. The van der Waals surface area contributed by atoms with Crippen molar-refractivity contribution in [2.75, 3.05) is 6.54 Å². The second kappa shape index (κ2) is 8.20. The summed E-state index contributed by atoms with van der Waals surface area (Å²) < 4.78 is 1.31. The number of amides is 1. The van der Waals surface area contributed by atoms with Crippen LogP contribution in [-0.4, -0.2) is 27.2 Å². The van der Waals surface area contributed by atoms with E-state index in [9.17, 15) is 9.59 Å². The molecule has 0 saturated heterocycles. The van der Waals surface area contributed by atoms with E-state index in [-0.39, 0.29) is 17.2 Å². The Morgan fingerprint density at radius 2 is 1.73 bits per heavy atom. The van der Waals surface area contributed by atoms with Crippen LogP contribution in [0.2, 0.25) is 0 Å². The fourth-order valence-electron chi connectivity index (χ4n) is 2.51. The molecular formula is C20H20N4O2. The van der Waals surface area contributed by atoms with Crippen LogP contribution in [-0.2, 0) is 13.0 Å². The standard InChI is InChI=1S/C20H20N4O2/c1-15-2-4-17(5-3-15)14-24-19(25)7-6-18(23-24)20(26)22-13-10-16-8-11-21-12-9-16/h2-9,11-12H,10,13-14H2,1H3,(H,22,26). The van der Waals surface area contributed by atoms with Crippen molar-refractivity contribution in [1.29, 1.82) is 0 Å². The molecule has 132 valence electrons. The molecule has 1 aromatic carbocycles. The van der Waals surface area contributed by atoms with Crippen molar-refractivity contribution in [3.8, 4) is 0 Å². The summed E-state index contributed by atoms with van der Waals surface area (Å²) in [5.74, 6) is -0.295. The zero-order chi connectivity index (χ0) is 18.4. The molecule has 0 aliphatic heterocycles. The average Bonchev–Trinajstić information content (AvgIpc) is 2.66. The molecule has 0 radical (unpaired) electrons. The predicted octanol–water partition coefficient (Wildman–Crippen LogP) is 1.97. The van der Waals surface area contributed by atoms with Gasteiger partial charge in [0.05, 0.1) is 6.54 Å². The summed E-state index contributed by atoms with van der Waals surface area (Å²) in [6.07, 6.45) is 4.15. The summed E-state index contributed by atoms with van der Waals surface area (Å²) in [5, 5.41) is 7.03. The van der Waals surface area contributed by atoms with Crippen LogP contribution in [0.4, 0.5) is 0 Å². The monoisotopic (exact) mass is 348 g/mol. The third kappa shape index (κ3) is 4.63. The van der Waals surface area contributed by atoms with Crippen molar-refractivity contribution < 1.29 is 4.79 Å². The second-order valence-electron chi connectivity index (χ2n) is 6.06. The van der Waals surface area contributed by atoms with Crippen molar-refractivity contribution in [3.05, 3.63) is 93.7 Å². The lowest BCUT2D eigenvalue weighted by molar-refractivity contribution is 0.0946. The van der Waals surface area contributed by atoms with Gasteiger partial charge in [-0.15, -0.1) is 0 Å². The number of rotatable bonds is 6. The molecule has 3 rings (SSSR count). The molecule has 0 unspecified atom stereocenters. The number of pyridine rings is 1. The molecule has 0 spiro atoms. The van der Waals surface area contributed by atoms with E-state index in [0.29, 0.717) is 19.5 Å². The Morgan fingerprint density at radius 3 is 2.46 bits per heavy atom. The lowest BCUT2D eigenvalue weighted by atomic mass is 10.1. The lowest BCUT2D eigenvalue weighted by Gasteiger charge is -2.08. The van der Waals surface area contributed by atoms with Gasteiger partial charge in [0.2, 0.25) is 0 Å². The maximum Gasteiger partial charge on any atom is 0.271 e. The largest absolute Gasteiger partial charge is 0.350 e. The minimum Gasteiger partial charge on any atom is -0.350 e. The molecule has 26 heavy (non-hydrogen) atoms. The number of nitrogens with one attached hydrogen (secondary N) is 1. The molecule has 1 amide bonds. The van der Waals surface area contributed by atoms with E-state index in [2.05, 4.69) is 15.4 Å². The van der Waals surface area contributed by atoms with Gasteiger partial charge in [-0.05, 0) is 42.7 Å². The Hall–Kier alpha value is -3.28. The van der Waals surface area contributed by atoms with E-state index in [4.69, 9.17) is 0 Å². The minimum atomic E-state index is -0.295. The summed E-state index contributed by atoms with van der Waals surface area (Å²) in [6.45, 7) is 2.82. The zero-order valence-electron chi connectivity index (χ0n) is 14.6. The molecule has 1 N–H and O–H groups in total. The van der Waals surface area contributed by atoms with Crippen LogP contribution < -0.4 is 10.9 Å². The highest BCUT2D eigenvalue weighted by Crippen LogP contribution is 2.04. The van der Waals surface area contributed by atoms with E-state index in [0.717, 1.165) is 16.7 Å². The van der Waals surface area contributed by atoms with Crippen molar-refractivity contribution in [1.82, 2.24) is 20.1 Å². The zero-order valence-corrected chi connectivity index (χ0v) is 14.6. The van der Waals surface area contributed by atoms with Crippen LogP contribution in [0.3, 0.4) is 0 Å². The third-order valence-corrected chi connectivity index (χ3v) is 4.00. The number of carbonyl (C=O) groups is 1. The van der Waals surface area contributed by atoms with E-state index in [1.807, 2.05) is 43.3 Å². The van der Waals surface area contributed by atoms with Gasteiger partial charge in [-0.2, -0.15) is 5.10 Å². The average molecular weight is 348 g/mol. The Kier molecular flexibility index (Phi) is 5.53. The maximum atomic E-state index is 12.3. The normalized spacial score (nSPS) is 10.5. The first kappa shape index (κ1) is 17.5. The molecule has 6 nitrogen and oxygen atoms in total. The van der Waals surface area contributed by atoms with Gasteiger partial charge in [-0.3, -0.25) is 14.6 Å². The lowest BCUT2D eigenvalue weighted by Crippen LogP contribution is -2.31. The predicted molar refractivity (Wildman–Crippen MR) is 99.1 cm³/mol. The molecular weight excluding hydrogens is 328 g/mol. The minimum absolute atomic E-state index is 0.228. The number of carbonyl (C=O) groups excluding carboxylic acids is 1. The van der Waals surface area contributed by atoms with Gasteiger partial charge >= 0.3 is 0 Å². The van der Waals surface area contributed by atoms with Gasteiger partial charge < -0.3 is 5.32 Å². The number of benzene rings is 1. The molecule has 0 aliphatic carbocycles. The maximum absolute atomic E-state index is 12.3. The van der Waals surface area contributed by atoms with Crippen LogP contribution in [0.5, 0.6) is 0 Å². The van der Waals surface area contributed by atoms with Gasteiger partial charge in [-0.1, -0.05) is 29.8 Å². The molecule has 0 aliphatic rings. The molecule has 0 fully saturated rings. The topological polar surface area (TPSA) is 76.9 Å². The van der Waals surface area contributed by atoms with Gasteiger partial charge in [-0.25, -0.2) is 4.68 Å². The van der Waals surface area contributed by atoms with E-state index in [1.165, 1.54) is 16.8 Å². The molecule has 2 heterocycles. The van der Waals surface area contributed by atoms with Gasteiger partial charge in [0.25, 0.3) is 11.5 Å². The second-order valence-corrected chi connectivity index (χ2v) is 6.06. The first-order valence-corrected chi connectivity index (χ1v) is 8.42. The molecule has 3 aromatic rings. The Bertz CT molecular complexity index is 934. The van der Waals surface area contributed by atoms with Crippen LogP contribution in [0, 0.1) is 6.92 Å². The Balaban J connectivity index is 1.65. The number of hydrogen-bond donors (Lipinski definition) is 1. The first-order chi connectivity index (χ1) is 12.6. The summed E-state index contributed by atoms with van der Waals surface area (Å²) in [7, 11) is 0. The Morgan fingerprint density at radius 1 is 1.00 bits per heavy atom. The quantitative estimate of drug-likeness (QED) is 0.739. The van der Waals surface area contributed by atoms with Crippen LogP contribution in [0.1, 0.15) is 27.2 Å². The number of aryl methyl sites for hydroxylation is 1. The van der Waals surface area contributed by atoms with Crippen LogP contribution in [0.25, 0.3) is 0 Å². The van der Waals surface area contributed by atoms with E-state index in [1.54, 1.807) is 12.4 Å². The highest BCUT2D eigenvalue weighted by Gasteiger charge is 2.09. The summed E-state index contributed by atoms with van der Waals surface area (Å²) in [6, 6.07) is 14.5. The molecule has 0 atom stereocenters. The van der Waals surface area contributed by atoms with Crippen molar-refractivity contribution in [3.63, 3.8) is 0 Å². The molecule has 0 saturated carbocycles.